The van der Waals surface area contributed by atoms with Crippen LogP contribution in [0.15, 0.2) is 24.3 Å². The fourth-order valence-electron chi connectivity index (χ4n) is 3.75. The predicted octanol–water partition coefficient (Wildman–Crippen LogP) is 5.39. The van der Waals surface area contributed by atoms with Crippen molar-refractivity contribution in [3.8, 4) is 28.7 Å². The molecule has 0 unspecified atom stereocenters. The van der Waals surface area contributed by atoms with Gasteiger partial charge in [-0.1, -0.05) is 12.1 Å². The van der Waals surface area contributed by atoms with E-state index >= 15 is 0 Å². The molecule has 0 bridgehead atoms. The number of benzene rings is 2. The summed E-state index contributed by atoms with van der Waals surface area (Å²) in [6.45, 7) is 4.07. The largest absolute Gasteiger partial charge is 0.493 e. The highest BCUT2D eigenvalue weighted by Gasteiger charge is 2.21. The lowest BCUT2D eigenvalue weighted by Gasteiger charge is -2.18. The van der Waals surface area contributed by atoms with Crippen LogP contribution in [0.4, 0.5) is 0 Å². The van der Waals surface area contributed by atoms with Gasteiger partial charge in [0.2, 0.25) is 5.75 Å². The zero-order valence-corrected chi connectivity index (χ0v) is 18.1. The van der Waals surface area contributed by atoms with Crippen molar-refractivity contribution in [2.45, 2.75) is 39.2 Å². The molecule has 0 aromatic heterocycles. The minimum absolute atomic E-state index is 0.0808. The molecule has 0 N–H and O–H groups in total. The topological polar surface area (TPSA) is 46.2 Å². The Kier molecular flexibility index (Phi) is 6.57. The number of hydrogen-bond acceptors (Lipinski definition) is 5. The molecule has 3 rings (SSSR count). The number of ether oxygens (including phenoxy) is 5. The smallest absolute Gasteiger partial charge is 0.203 e. The van der Waals surface area contributed by atoms with E-state index in [1.54, 1.807) is 28.4 Å². The first-order chi connectivity index (χ1) is 14.0. The van der Waals surface area contributed by atoms with Gasteiger partial charge in [-0.05, 0) is 68.0 Å². The number of allylic oxidation sites excluding steroid dienone is 1. The Labute approximate surface area is 173 Å². The molecule has 1 aliphatic rings. The van der Waals surface area contributed by atoms with Gasteiger partial charge in [-0.3, -0.25) is 0 Å². The van der Waals surface area contributed by atoms with Crippen molar-refractivity contribution in [3.05, 3.63) is 41.0 Å². The van der Waals surface area contributed by atoms with E-state index in [2.05, 4.69) is 12.1 Å². The van der Waals surface area contributed by atoms with Crippen LogP contribution in [-0.4, -0.2) is 34.5 Å². The fraction of sp³-hybridized carbons (Fsp3) is 0.417. The minimum Gasteiger partial charge on any atom is -0.493 e. The number of hydrogen-bond donors (Lipinski definition) is 0. The van der Waals surface area contributed by atoms with E-state index in [0.29, 0.717) is 17.2 Å². The van der Waals surface area contributed by atoms with Gasteiger partial charge >= 0.3 is 0 Å². The number of methoxy groups -OCH3 is 4. The van der Waals surface area contributed by atoms with Crippen molar-refractivity contribution in [3.63, 3.8) is 0 Å². The van der Waals surface area contributed by atoms with E-state index < -0.39 is 0 Å². The lowest BCUT2D eigenvalue weighted by molar-refractivity contribution is 0.227. The van der Waals surface area contributed by atoms with E-state index in [9.17, 15) is 0 Å². The Balaban J connectivity index is 2.11. The third-order valence-electron chi connectivity index (χ3n) is 5.07. The molecule has 156 valence electrons. The first-order valence-electron chi connectivity index (χ1n) is 9.89. The maximum Gasteiger partial charge on any atom is 0.203 e. The van der Waals surface area contributed by atoms with Crippen LogP contribution in [0.5, 0.6) is 28.7 Å². The second-order valence-electron chi connectivity index (χ2n) is 7.27. The van der Waals surface area contributed by atoms with Gasteiger partial charge in [-0.25, -0.2) is 0 Å². The monoisotopic (exact) mass is 398 g/mol. The number of rotatable bonds is 7. The second kappa shape index (κ2) is 9.12. The second-order valence-corrected chi connectivity index (χ2v) is 7.27. The van der Waals surface area contributed by atoms with Gasteiger partial charge in [0.25, 0.3) is 0 Å². The molecule has 2 aromatic rings. The molecule has 0 radical (unpaired) electrons. The Morgan fingerprint density at radius 1 is 0.759 bits per heavy atom. The summed E-state index contributed by atoms with van der Waals surface area (Å²) in [5.74, 6) is 3.55. The maximum absolute atomic E-state index is 6.12. The van der Waals surface area contributed by atoms with Gasteiger partial charge in [0, 0.05) is 5.56 Å². The van der Waals surface area contributed by atoms with E-state index in [4.69, 9.17) is 23.7 Å². The summed E-state index contributed by atoms with van der Waals surface area (Å²) in [7, 11) is 6.58. The summed E-state index contributed by atoms with van der Waals surface area (Å²) in [6.07, 6.45) is 5.19. The summed E-state index contributed by atoms with van der Waals surface area (Å²) in [4.78, 5) is 0. The van der Waals surface area contributed by atoms with Gasteiger partial charge in [0.1, 0.15) is 0 Å². The molecule has 0 aliphatic heterocycles. The summed E-state index contributed by atoms with van der Waals surface area (Å²) in [5, 5.41) is 0. The standard InChI is InChI=1S/C24H30O5/c1-15(2)29-23-19-9-7-8-16(12-17(19)10-11-20(23)25-3)18-13-21(26-4)24(28-6)22(14-18)27-5/h10-15H,7-9H2,1-6H3. The molecule has 0 saturated heterocycles. The molecule has 5 nitrogen and oxygen atoms in total. The van der Waals surface area contributed by atoms with Gasteiger partial charge in [0.05, 0.1) is 34.5 Å². The summed E-state index contributed by atoms with van der Waals surface area (Å²) in [6, 6.07) is 8.09. The van der Waals surface area contributed by atoms with Crippen molar-refractivity contribution in [1.82, 2.24) is 0 Å². The van der Waals surface area contributed by atoms with Crippen LogP contribution in [-0.2, 0) is 6.42 Å². The lowest BCUT2D eigenvalue weighted by atomic mass is 9.99. The van der Waals surface area contributed by atoms with Crippen LogP contribution in [0.3, 0.4) is 0 Å². The molecule has 0 saturated carbocycles. The quantitative estimate of drug-likeness (QED) is 0.626. The van der Waals surface area contributed by atoms with Crippen LogP contribution in [0.25, 0.3) is 11.6 Å². The first kappa shape index (κ1) is 20.9. The Bertz CT molecular complexity index is 873. The Morgan fingerprint density at radius 2 is 1.41 bits per heavy atom. The van der Waals surface area contributed by atoms with Crippen molar-refractivity contribution >= 4 is 11.6 Å². The molecule has 2 aromatic carbocycles. The molecule has 1 aliphatic carbocycles. The minimum atomic E-state index is 0.0808. The highest BCUT2D eigenvalue weighted by molar-refractivity contribution is 5.85. The molecule has 0 amide bonds. The third kappa shape index (κ3) is 4.29. The molecule has 0 heterocycles. The lowest BCUT2D eigenvalue weighted by Crippen LogP contribution is -2.09. The molecule has 0 spiro atoms. The molecule has 5 heteroatoms. The maximum atomic E-state index is 6.12. The van der Waals surface area contributed by atoms with Crippen LogP contribution < -0.4 is 23.7 Å². The Hall–Kier alpha value is -2.82. The first-order valence-corrected chi connectivity index (χ1v) is 9.89. The average molecular weight is 398 g/mol. The molecule has 29 heavy (non-hydrogen) atoms. The van der Waals surface area contributed by atoms with Gasteiger partial charge < -0.3 is 23.7 Å². The van der Waals surface area contributed by atoms with E-state index in [-0.39, 0.29) is 6.10 Å². The summed E-state index contributed by atoms with van der Waals surface area (Å²) >= 11 is 0. The zero-order chi connectivity index (χ0) is 21.0. The van der Waals surface area contributed by atoms with Crippen molar-refractivity contribution < 1.29 is 23.7 Å². The van der Waals surface area contributed by atoms with Gasteiger partial charge in [-0.2, -0.15) is 0 Å². The molecule has 0 fully saturated rings. The highest BCUT2D eigenvalue weighted by Crippen LogP contribution is 2.43. The average Bonchev–Trinajstić information content (AvgIpc) is 2.95. The van der Waals surface area contributed by atoms with Gasteiger partial charge in [-0.15, -0.1) is 0 Å². The van der Waals surface area contributed by atoms with E-state index in [0.717, 1.165) is 41.9 Å². The molecular formula is C24H30O5. The van der Waals surface area contributed by atoms with Crippen molar-refractivity contribution in [1.29, 1.82) is 0 Å². The molecular weight excluding hydrogens is 368 g/mol. The predicted molar refractivity (Wildman–Crippen MR) is 116 cm³/mol. The van der Waals surface area contributed by atoms with Crippen LogP contribution in [0.2, 0.25) is 0 Å². The number of fused-ring (bicyclic) bond motifs is 1. The van der Waals surface area contributed by atoms with Crippen LogP contribution in [0.1, 0.15) is 43.4 Å². The fourth-order valence-corrected chi connectivity index (χ4v) is 3.75. The van der Waals surface area contributed by atoms with E-state index in [1.807, 2.05) is 32.0 Å². The van der Waals surface area contributed by atoms with Crippen LogP contribution >= 0.6 is 0 Å². The van der Waals surface area contributed by atoms with Crippen molar-refractivity contribution in [2.24, 2.45) is 0 Å². The SMILES string of the molecule is COc1cc(C2=Cc3ccc(OC)c(OC(C)C)c3CCC2)cc(OC)c1OC. The third-order valence-corrected chi connectivity index (χ3v) is 5.07. The van der Waals surface area contributed by atoms with Crippen LogP contribution in [0, 0.1) is 0 Å². The summed E-state index contributed by atoms with van der Waals surface area (Å²) in [5.41, 5.74) is 4.64. The van der Waals surface area contributed by atoms with E-state index in [1.165, 1.54) is 11.1 Å². The normalized spacial score (nSPS) is 13.3. The Morgan fingerprint density at radius 3 is 1.97 bits per heavy atom. The zero-order valence-electron chi connectivity index (χ0n) is 18.1. The van der Waals surface area contributed by atoms with Gasteiger partial charge in [0.15, 0.2) is 23.0 Å². The molecule has 0 atom stereocenters. The highest BCUT2D eigenvalue weighted by atomic mass is 16.5. The van der Waals surface area contributed by atoms with Crippen molar-refractivity contribution in [2.75, 3.05) is 28.4 Å². The summed E-state index contributed by atoms with van der Waals surface area (Å²) < 4.78 is 28.2.